The van der Waals surface area contributed by atoms with E-state index in [9.17, 15) is 9.59 Å². The highest BCUT2D eigenvalue weighted by atomic mass is 35.5. The van der Waals surface area contributed by atoms with Crippen molar-refractivity contribution in [3.8, 4) is 0 Å². The number of halogens is 1. The average molecular weight is 323 g/mol. The molecule has 0 unspecified atom stereocenters. The smallest absolute Gasteiger partial charge is 0.242 e. The van der Waals surface area contributed by atoms with Crippen molar-refractivity contribution in [2.45, 2.75) is 33.6 Å². The summed E-state index contributed by atoms with van der Waals surface area (Å²) < 4.78 is 0. The van der Waals surface area contributed by atoms with Crippen LogP contribution in [0.3, 0.4) is 0 Å². The fraction of sp³-hybridized carbons (Fsp3) is 0.529. The number of anilines is 1. The van der Waals surface area contributed by atoms with Crippen molar-refractivity contribution in [2.75, 3.05) is 24.5 Å². The van der Waals surface area contributed by atoms with E-state index in [0.29, 0.717) is 16.6 Å². The molecule has 1 aromatic rings. The predicted molar refractivity (Wildman–Crippen MR) is 89.2 cm³/mol. The molecule has 1 heterocycles. The van der Waals surface area contributed by atoms with Crippen molar-refractivity contribution >= 4 is 29.1 Å². The van der Waals surface area contributed by atoms with Crippen LogP contribution in [0.5, 0.6) is 0 Å². The number of piperidine rings is 1. The van der Waals surface area contributed by atoms with Gasteiger partial charge in [0.1, 0.15) is 6.54 Å². The average Bonchev–Trinajstić information content (AvgIpc) is 2.48. The summed E-state index contributed by atoms with van der Waals surface area (Å²) in [5.41, 5.74) is 1.53. The minimum absolute atomic E-state index is 0.00137. The van der Waals surface area contributed by atoms with Gasteiger partial charge in [0.05, 0.1) is 0 Å². The van der Waals surface area contributed by atoms with E-state index in [1.54, 1.807) is 12.1 Å². The van der Waals surface area contributed by atoms with E-state index >= 15 is 0 Å². The van der Waals surface area contributed by atoms with E-state index in [2.05, 4.69) is 6.92 Å². The zero-order chi connectivity index (χ0) is 16.3. The lowest BCUT2D eigenvalue weighted by molar-refractivity contribution is -0.132. The van der Waals surface area contributed by atoms with Gasteiger partial charge in [-0.3, -0.25) is 9.59 Å². The molecule has 0 radical (unpaired) electrons. The van der Waals surface area contributed by atoms with E-state index in [1.807, 2.05) is 17.9 Å². The van der Waals surface area contributed by atoms with Gasteiger partial charge in [-0.15, -0.1) is 0 Å². The van der Waals surface area contributed by atoms with Gasteiger partial charge in [0.2, 0.25) is 11.8 Å². The van der Waals surface area contributed by atoms with E-state index in [4.69, 9.17) is 11.6 Å². The van der Waals surface area contributed by atoms with Crippen LogP contribution in [0.2, 0.25) is 5.02 Å². The summed E-state index contributed by atoms with van der Waals surface area (Å²) in [6, 6.07) is 5.41. The van der Waals surface area contributed by atoms with Crippen LogP contribution in [-0.4, -0.2) is 36.3 Å². The van der Waals surface area contributed by atoms with Gasteiger partial charge in [0.15, 0.2) is 0 Å². The highest BCUT2D eigenvalue weighted by Gasteiger charge is 2.24. The number of carbonyl (C=O) groups excluding carboxylic acids is 2. The van der Waals surface area contributed by atoms with Gasteiger partial charge in [-0.2, -0.15) is 0 Å². The Morgan fingerprint density at radius 2 is 1.95 bits per heavy atom. The number of likely N-dealkylation sites (tertiary alicyclic amines) is 1. The van der Waals surface area contributed by atoms with Gasteiger partial charge in [-0.1, -0.05) is 24.6 Å². The van der Waals surface area contributed by atoms with Crippen molar-refractivity contribution in [1.82, 2.24) is 4.90 Å². The first kappa shape index (κ1) is 16.8. The largest absolute Gasteiger partial charge is 0.341 e. The molecule has 5 heteroatoms. The highest BCUT2D eigenvalue weighted by molar-refractivity contribution is 6.31. The van der Waals surface area contributed by atoms with E-state index in [-0.39, 0.29) is 18.4 Å². The van der Waals surface area contributed by atoms with Crippen LogP contribution in [0.15, 0.2) is 18.2 Å². The Bertz CT molecular complexity index is 566. The molecule has 0 aliphatic carbocycles. The summed E-state index contributed by atoms with van der Waals surface area (Å²) in [5.74, 6) is 0.522. The molecule has 120 valence electrons. The molecular weight excluding hydrogens is 300 g/mol. The third-order valence-corrected chi connectivity index (χ3v) is 4.75. The summed E-state index contributed by atoms with van der Waals surface area (Å²) in [5, 5.41) is 0.600. The molecule has 0 N–H and O–H groups in total. The molecule has 4 nitrogen and oxygen atoms in total. The molecule has 1 aliphatic heterocycles. The maximum Gasteiger partial charge on any atom is 0.242 e. The SMILES string of the molecule is CC(=O)N(CC(=O)N1CCC(C)CC1)c1cccc(Cl)c1C. The Morgan fingerprint density at radius 1 is 1.32 bits per heavy atom. The van der Waals surface area contributed by atoms with E-state index < -0.39 is 0 Å². The Morgan fingerprint density at radius 3 is 2.55 bits per heavy atom. The Kier molecular flexibility index (Phi) is 5.46. The minimum atomic E-state index is -0.149. The molecule has 0 atom stereocenters. The van der Waals surface area contributed by atoms with Gasteiger partial charge >= 0.3 is 0 Å². The molecule has 2 rings (SSSR count). The summed E-state index contributed by atoms with van der Waals surface area (Å²) in [6.07, 6.45) is 2.06. The summed E-state index contributed by atoms with van der Waals surface area (Å²) in [4.78, 5) is 27.9. The van der Waals surface area contributed by atoms with E-state index in [0.717, 1.165) is 31.5 Å². The number of nitrogens with zero attached hydrogens (tertiary/aromatic N) is 2. The lowest BCUT2D eigenvalue weighted by Gasteiger charge is -2.32. The summed E-state index contributed by atoms with van der Waals surface area (Å²) in [6.45, 7) is 7.18. The molecular formula is C17H23ClN2O2. The van der Waals surface area contributed by atoms with Crippen molar-refractivity contribution in [3.05, 3.63) is 28.8 Å². The predicted octanol–water partition coefficient (Wildman–Crippen LogP) is 3.26. The lowest BCUT2D eigenvalue weighted by atomic mass is 9.99. The van der Waals surface area contributed by atoms with Gasteiger partial charge in [0, 0.05) is 30.7 Å². The second-order valence-corrected chi connectivity index (χ2v) is 6.46. The topological polar surface area (TPSA) is 40.6 Å². The standard InChI is InChI=1S/C17H23ClN2O2/c1-12-7-9-19(10-8-12)17(22)11-20(14(3)21)16-6-4-5-15(18)13(16)2/h4-6,12H,7-11H2,1-3H3. The molecule has 1 fully saturated rings. The van der Waals surface area contributed by atoms with Gasteiger partial charge in [-0.25, -0.2) is 0 Å². The second-order valence-electron chi connectivity index (χ2n) is 6.05. The number of benzene rings is 1. The number of carbonyl (C=O) groups is 2. The minimum Gasteiger partial charge on any atom is -0.341 e. The van der Waals surface area contributed by atoms with Crippen LogP contribution in [0.25, 0.3) is 0 Å². The van der Waals surface area contributed by atoms with Crippen molar-refractivity contribution in [3.63, 3.8) is 0 Å². The number of rotatable bonds is 3. The zero-order valence-electron chi connectivity index (χ0n) is 13.4. The maximum atomic E-state index is 12.5. The number of amides is 2. The Labute approximate surface area is 137 Å². The number of hydrogen-bond donors (Lipinski definition) is 0. The quantitative estimate of drug-likeness (QED) is 0.857. The van der Waals surface area contributed by atoms with Crippen LogP contribution in [0.4, 0.5) is 5.69 Å². The summed E-state index contributed by atoms with van der Waals surface area (Å²) in [7, 11) is 0. The molecule has 22 heavy (non-hydrogen) atoms. The summed E-state index contributed by atoms with van der Waals surface area (Å²) >= 11 is 6.13. The maximum absolute atomic E-state index is 12.5. The van der Waals surface area contributed by atoms with Crippen molar-refractivity contribution in [2.24, 2.45) is 5.92 Å². The molecule has 0 spiro atoms. The fourth-order valence-corrected chi connectivity index (χ4v) is 2.92. The second kappa shape index (κ2) is 7.14. The van der Waals surface area contributed by atoms with Crippen LogP contribution < -0.4 is 4.90 Å². The van der Waals surface area contributed by atoms with Crippen LogP contribution in [-0.2, 0) is 9.59 Å². The highest BCUT2D eigenvalue weighted by Crippen LogP contribution is 2.27. The molecule has 1 aromatic carbocycles. The van der Waals surface area contributed by atoms with Crippen LogP contribution in [0, 0.1) is 12.8 Å². The van der Waals surface area contributed by atoms with Crippen molar-refractivity contribution in [1.29, 1.82) is 0 Å². The van der Waals surface area contributed by atoms with Gasteiger partial charge < -0.3 is 9.80 Å². The fourth-order valence-electron chi connectivity index (χ4n) is 2.75. The van der Waals surface area contributed by atoms with Gasteiger partial charge in [-0.05, 0) is 43.4 Å². The van der Waals surface area contributed by atoms with Crippen LogP contribution >= 0.6 is 11.6 Å². The monoisotopic (exact) mass is 322 g/mol. The molecule has 1 saturated heterocycles. The van der Waals surface area contributed by atoms with E-state index in [1.165, 1.54) is 11.8 Å². The molecule has 1 aliphatic rings. The van der Waals surface area contributed by atoms with Gasteiger partial charge in [0.25, 0.3) is 0 Å². The number of hydrogen-bond acceptors (Lipinski definition) is 2. The molecule has 0 bridgehead atoms. The first-order chi connectivity index (χ1) is 10.4. The first-order valence-electron chi connectivity index (χ1n) is 7.71. The zero-order valence-corrected chi connectivity index (χ0v) is 14.2. The lowest BCUT2D eigenvalue weighted by Crippen LogP contribution is -2.45. The first-order valence-corrected chi connectivity index (χ1v) is 8.09. The third kappa shape index (κ3) is 3.80. The Balaban J connectivity index is 2.14. The van der Waals surface area contributed by atoms with Crippen LogP contribution in [0.1, 0.15) is 32.3 Å². The third-order valence-electron chi connectivity index (χ3n) is 4.34. The molecule has 0 saturated carbocycles. The molecule has 0 aromatic heterocycles. The normalized spacial score (nSPS) is 15.7. The Hall–Kier alpha value is -1.55. The molecule has 2 amide bonds. The van der Waals surface area contributed by atoms with Crippen molar-refractivity contribution < 1.29 is 9.59 Å².